The van der Waals surface area contributed by atoms with Gasteiger partial charge in [-0.15, -0.1) is 0 Å². The summed E-state index contributed by atoms with van der Waals surface area (Å²) in [5.41, 5.74) is -0.457. The summed E-state index contributed by atoms with van der Waals surface area (Å²) in [5, 5.41) is 5.63. The second-order valence-corrected chi connectivity index (χ2v) is 8.63. The molecule has 0 aliphatic carbocycles. The van der Waals surface area contributed by atoms with E-state index < -0.39 is 11.7 Å². The molecular weight excluding hydrogens is 424 g/mol. The number of piperidine rings is 1. The lowest BCUT2D eigenvalue weighted by atomic mass is 9.97. The van der Waals surface area contributed by atoms with E-state index in [0.717, 1.165) is 0 Å². The van der Waals surface area contributed by atoms with Crippen molar-refractivity contribution in [3.8, 4) is 5.88 Å². The quantitative estimate of drug-likeness (QED) is 0.613. The topological polar surface area (TPSA) is 110 Å². The standard InChI is InChI=1S/C21H31ClN4O5/c1-5-30-16-9-8-15(22)17(25-16)19(28)26-12-6-7-14(13-26)18(27)23-10-11-24-20(29)31-21(2,3)4/h8-9,14H,5-7,10-13H2,1-4H3,(H,23,27)(H,24,29). The van der Waals surface area contributed by atoms with Crippen molar-refractivity contribution < 1.29 is 23.9 Å². The second kappa shape index (κ2) is 11.2. The lowest BCUT2D eigenvalue weighted by molar-refractivity contribution is -0.126. The van der Waals surface area contributed by atoms with Gasteiger partial charge >= 0.3 is 6.09 Å². The number of likely N-dealkylation sites (tertiary alicyclic amines) is 1. The average Bonchev–Trinajstić information content (AvgIpc) is 2.71. The van der Waals surface area contributed by atoms with Gasteiger partial charge in [0.25, 0.3) is 5.91 Å². The summed E-state index contributed by atoms with van der Waals surface area (Å²) in [5.74, 6) is -0.492. The van der Waals surface area contributed by atoms with Gasteiger partial charge in [0.05, 0.1) is 17.5 Å². The third-order valence-corrected chi connectivity index (χ3v) is 4.79. The van der Waals surface area contributed by atoms with Gasteiger partial charge in [-0.3, -0.25) is 9.59 Å². The molecule has 1 fully saturated rings. The molecule has 0 aromatic carbocycles. The van der Waals surface area contributed by atoms with E-state index in [-0.39, 0.29) is 48.1 Å². The molecule has 1 aromatic heterocycles. The molecule has 2 N–H and O–H groups in total. The van der Waals surface area contributed by atoms with Crippen molar-refractivity contribution in [2.24, 2.45) is 5.92 Å². The summed E-state index contributed by atoms with van der Waals surface area (Å²) in [7, 11) is 0. The molecule has 0 radical (unpaired) electrons. The van der Waals surface area contributed by atoms with E-state index in [1.165, 1.54) is 0 Å². The first-order valence-electron chi connectivity index (χ1n) is 10.4. The zero-order valence-corrected chi connectivity index (χ0v) is 19.3. The van der Waals surface area contributed by atoms with Gasteiger partial charge < -0.3 is 25.0 Å². The molecule has 0 bridgehead atoms. The Kier molecular flexibility index (Phi) is 8.91. The van der Waals surface area contributed by atoms with Crippen LogP contribution in [0, 0.1) is 5.92 Å². The number of nitrogens with one attached hydrogen (secondary N) is 2. The highest BCUT2D eigenvalue weighted by Crippen LogP contribution is 2.23. The van der Waals surface area contributed by atoms with Crippen molar-refractivity contribution in [3.63, 3.8) is 0 Å². The molecule has 1 saturated heterocycles. The van der Waals surface area contributed by atoms with E-state index in [4.69, 9.17) is 21.1 Å². The van der Waals surface area contributed by atoms with Crippen LogP contribution in [-0.2, 0) is 9.53 Å². The molecule has 2 rings (SSSR count). The number of carbonyl (C=O) groups is 3. The van der Waals surface area contributed by atoms with Crippen LogP contribution in [0.2, 0.25) is 5.02 Å². The van der Waals surface area contributed by atoms with Crippen molar-refractivity contribution in [2.45, 2.75) is 46.1 Å². The number of carbonyl (C=O) groups excluding carboxylic acids is 3. The van der Waals surface area contributed by atoms with Crippen LogP contribution in [0.1, 0.15) is 51.0 Å². The molecule has 172 valence electrons. The van der Waals surface area contributed by atoms with E-state index in [1.54, 1.807) is 37.8 Å². The van der Waals surface area contributed by atoms with Crippen molar-refractivity contribution >= 4 is 29.5 Å². The summed E-state index contributed by atoms with van der Waals surface area (Å²) in [4.78, 5) is 42.9. The van der Waals surface area contributed by atoms with Crippen LogP contribution in [0.3, 0.4) is 0 Å². The van der Waals surface area contributed by atoms with Crippen LogP contribution in [0.15, 0.2) is 12.1 Å². The van der Waals surface area contributed by atoms with Crippen LogP contribution in [-0.4, -0.2) is 66.2 Å². The minimum atomic E-state index is -0.578. The molecule has 0 saturated carbocycles. The van der Waals surface area contributed by atoms with Crippen LogP contribution in [0.5, 0.6) is 5.88 Å². The Morgan fingerprint density at radius 1 is 1.23 bits per heavy atom. The Balaban J connectivity index is 1.86. The number of rotatable bonds is 7. The second-order valence-electron chi connectivity index (χ2n) is 8.22. The molecular formula is C21H31ClN4O5. The van der Waals surface area contributed by atoms with Gasteiger partial charge in [-0.05, 0) is 46.6 Å². The minimum absolute atomic E-state index is 0.121. The van der Waals surface area contributed by atoms with Crippen molar-refractivity contribution in [3.05, 3.63) is 22.8 Å². The van der Waals surface area contributed by atoms with E-state index in [0.29, 0.717) is 31.9 Å². The fraction of sp³-hybridized carbons (Fsp3) is 0.619. The zero-order valence-electron chi connectivity index (χ0n) is 18.5. The maximum Gasteiger partial charge on any atom is 0.407 e. The Morgan fingerprint density at radius 3 is 2.61 bits per heavy atom. The Labute approximate surface area is 187 Å². The molecule has 31 heavy (non-hydrogen) atoms. The highest BCUT2D eigenvalue weighted by Gasteiger charge is 2.30. The average molecular weight is 455 g/mol. The molecule has 0 spiro atoms. The maximum atomic E-state index is 12.9. The predicted molar refractivity (Wildman–Crippen MR) is 116 cm³/mol. The number of amides is 3. The van der Waals surface area contributed by atoms with Crippen molar-refractivity contribution in [2.75, 3.05) is 32.8 Å². The largest absolute Gasteiger partial charge is 0.478 e. The first-order chi connectivity index (χ1) is 14.6. The van der Waals surface area contributed by atoms with Crippen LogP contribution in [0.4, 0.5) is 4.79 Å². The molecule has 2 heterocycles. The van der Waals surface area contributed by atoms with Crippen molar-refractivity contribution in [1.82, 2.24) is 20.5 Å². The molecule has 9 nitrogen and oxygen atoms in total. The van der Waals surface area contributed by atoms with E-state index in [9.17, 15) is 14.4 Å². The highest BCUT2D eigenvalue weighted by atomic mass is 35.5. The van der Waals surface area contributed by atoms with Gasteiger partial charge in [-0.1, -0.05) is 11.6 Å². The highest BCUT2D eigenvalue weighted by molar-refractivity contribution is 6.33. The Hall–Kier alpha value is -2.55. The summed E-state index contributed by atoms with van der Waals surface area (Å²) in [6, 6.07) is 3.19. The number of alkyl carbamates (subject to hydrolysis) is 1. The summed E-state index contributed by atoms with van der Waals surface area (Å²) >= 11 is 6.17. The molecule has 3 amide bonds. The lowest BCUT2D eigenvalue weighted by Crippen LogP contribution is -2.47. The zero-order chi connectivity index (χ0) is 23.0. The first-order valence-corrected chi connectivity index (χ1v) is 10.8. The molecule has 1 unspecified atom stereocenters. The monoisotopic (exact) mass is 454 g/mol. The van der Waals surface area contributed by atoms with Crippen LogP contribution >= 0.6 is 11.6 Å². The number of nitrogens with zero attached hydrogens (tertiary/aromatic N) is 2. The van der Waals surface area contributed by atoms with E-state index in [2.05, 4.69) is 15.6 Å². The minimum Gasteiger partial charge on any atom is -0.478 e. The van der Waals surface area contributed by atoms with Crippen LogP contribution in [0.25, 0.3) is 0 Å². The maximum absolute atomic E-state index is 12.9. The van der Waals surface area contributed by atoms with E-state index >= 15 is 0 Å². The normalized spacial score (nSPS) is 16.4. The fourth-order valence-corrected chi connectivity index (χ4v) is 3.32. The smallest absolute Gasteiger partial charge is 0.407 e. The lowest BCUT2D eigenvalue weighted by Gasteiger charge is -2.32. The summed E-state index contributed by atoms with van der Waals surface area (Å²) < 4.78 is 10.5. The predicted octanol–water partition coefficient (Wildman–Crippen LogP) is 2.63. The number of hydrogen-bond acceptors (Lipinski definition) is 6. The first kappa shape index (κ1) is 24.7. The third kappa shape index (κ3) is 7.90. The molecule has 10 heteroatoms. The van der Waals surface area contributed by atoms with Gasteiger partial charge in [-0.2, -0.15) is 0 Å². The van der Waals surface area contributed by atoms with Gasteiger partial charge in [-0.25, -0.2) is 9.78 Å². The molecule has 1 atom stereocenters. The Bertz CT molecular complexity index is 796. The third-order valence-electron chi connectivity index (χ3n) is 4.49. The number of halogens is 1. The fourth-order valence-electron chi connectivity index (χ4n) is 3.14. The van der Waals surface area contributed by atoms with Crippen molar-refractivity contribution in [1.29, 1.82) is 0 Å². The number of hydrogen-bond donors (Lipinski definition) is 2. The number of pyridine rings is 1. The Morgan fingerprint density at radius 2 is 1.94 bits per heavy atom. The SMILES string of the molecule is CCOc1ccc(Cl)c(C(=O)N2CCCC(C(=O)NCCNC(=O)OC(C)(C)C)C2)n1. The number of aromatic nitrogens is 1. The van der Waals surface area contributed by atoms with Gasteiger partial charge in [0.2, 0.25) is 11.8 Å². The summed E-state index contributed by atoms with van der Waals surface area (Å²) in [6.45, 7) is 8.92. The molecule has 1 aliphatic rings. The number of ether oxygens (including phenoxy) is 2. The van der Waals surface area contributed by atoms with E-state index in [1.807, 2.05) is 6.92 Å². The molecule has 1 aliphatic heterocycles. The summed E-state index contributed by atoms with van der Waals surface area (Å²) in [6.07, 6.45) is 0.840. The van der Waals surface area contributed by atoms with Gasteiger partial charge in [0.1, 0.15) is 5.60 Å². The van der Waals surface area contributed by atoms with Gasteiger partial charge in [0, 0.05) is 32.2 Å². The molecule has 1 aromatic rings. The van der Waals surface area contributed by atoms with Crippen LogP contribution < -0.4 is 15.4 Å². The van der Waals surface area contributed by atoms with Gasteiger partial charge in [0.15, 0.2) is 5.69 Å².